The van der Waals surface area contributed by atoms with Crippen molar-refractivity contribution in [3.8, 4) is 0 Å². The first-order chi connectivity index (χ1) is 8.57. The van der Waals surface area contributed by atoms with Gasteiger partial charge in [0, 0.05) is 13.1 Å². The molecule has 0 radical (unpaired) electrons. The fourth-order valence-electron chi connectivity index (χ4n) is 2.11. The van der Waals surface area contributed by atoms with Gasteiger partial charge in [0.15, 0.2) is 0 Å². The molecule has 18 heavy (non-hydrogen) atoms. The van der Waals surface area contributed by atoms with Gasteiger partial charge in [-0.05, 0) is 18.6 Å². The number of ether oxygens (including phenoxy) is 1. The fourth-order valence-corrected chi connectivity index (χ4v) is 3.95. The number of nitrogens with two attached hydrogens (primary N) is 1. The van der Waals surface area contributed by atoms with E-state index in [0.717, 1.165) is 5.56 Å². The van der Waals surface area contributed by atoms with Gasteiger partial charge >= 0.3 is 0 Å². The molecule has 0 amide bonds. The molecular weight excluding hydrogens is 252 g/mol. The van der Waals surface area contributed by atoms with Crippen molar-refractivity contribution in [2.24, 2.45) is 5.73 Å². The number of nitrogens with zero attached hydrogens (tertiary/aromatic N) is 1. The quantitative estimate of drug-likeness (QED) is 0.860. The molecule has 1 aliphatic rings. The lowest BCUT2D eigenvalue weighted by molar-refractivity contribution is 0.0358. The topological polar surface area (TPSA) is 72.6 Å². The summed E-state index contributed by atoms with van der Waals surface area (Å²) in [6.45, 7) is 3.21. The summed E-state index contributed by atoms with van der Waals surface area (Å²) in [5.41, 5.74) is 6.37. The summed E-state index contributed by atoms with van der Waals surface area (Å²) in [6, 6.07) is 6.72. The molecule has 1 aliphatic heterocycles. The summed E-state index contributed by atoms with van der Waals surface area (Å²) in [6.07, 6.45) is 0. The Kier molecular flexibility index (Phi) is 4.01. The Hall–Kier alpha value is -0.950. The summed E-state index contributed by atoms with van der Waals surface area (Å²) in [4.78, 5) is 0.352. The molecule has 6 heteroatoms. The van der Waals surface area contributed by atoms with E-state index in [-0.39, 0.29) is 12.6 Å². The molecular formula is C12H18N2O3S. The second-order valence-corrected chi connectivity index (χ2v) is 6.20. The van der Waals surface area contributed by atoms with Gasteiger partial charge in [-0.15, -0.1) is 0 Å². The smallest absolute Gasteiger partial charge is 0.243 e. The largest absolute Gasteiger partial charge is 0.378 e. The van der Waals surface area contributed by atoms with Crippen molar-refractivity contribution in [1.29, 1.82) is 0 Å². The van der Waals surface area contributed by atoms with Crippen LogP contribution in [-0.4, -0.2) is 45.1 Å². The molecule has 2 rings (SSSR count). The van der Waals surface area contributed by atoms with Crippen LogP contribution in [0.1, 0.15) is 5.56 Å². The number of morpholine rings is 1. The minimum atomic E-state index is -3.48. The predicted molar refractivity (Wildman–Crippen MR) is 68.7 cm³/mol. The normalized spacial score (nSPS) is 22.0. The predicted octanol–water partition coefficient (Wildman–Crippen LogP) is 0.343. The van der Waals surface area contributed by atoms with Gasteiger partial charge in [-0.25, -0.2) is 8.42 Å². The maximum Gasteiger partial charge on any atom is 0.243 e. The maximum absolute atomic E-state index is 12.6. The van der Waals surface area contributed by atoms with Crippen molar-refractivity contribution in [3.63, 3.8) is 0 Å². The molecule has 1 fully saturated rings. The molecule has 1 aromatic rings. The first-order valence-electron chi connectivity index (χ1n) is 5.92. The number of benzene rings is 1. The zero-order valence-electron chi connectivity index (χ0n) is 10.4. The number of hydrogen-bond donors (Lipinski definition) is 1. The van der Waals surface area contributed by atoms with Gasteiger partial charge in [0.2, 0.25) is 10.0 Å². The van der Waals surface area contributed by atoms with Gasteiger partial charge in [-0.2, -0.15) is 4.31 Å². The molecule has 1 saturated heterocycles. The van der Waals surface area contributed by atoms with Crippen molar-refractivity contribution in [1.82, 2.24) is 4.31 Å². The Morgan fingerprint density at radius 2 is 2.17 bits per heavy atom. The summed E-state index contributed by atoms with van der Waals surface area (Å²) in [7, 11) is -3.48. The Morgan fingerprint density at radius 1 is 1.44 bits per heavy atom. The molecule has 5 nitrogen and oxygen atoms in total. The lowest BCUT2D eigenvalue weighted by Crippen LogP contribution is -2.51. The highest BCUT2D eigenvalue weighted by molar-refractivity contribution is 7.89. The molecule has 100 valence electrons. The first-order valence-corrected chi connectivity index (χ1v) is 7.36. The fraction of sp³-hybridized carbons (Fsp3) is 0.500. The molecule has 0 aliphatic carbocycles. The second-order valence-electron chi connectivity index (χ2n) is 4.35. The Bertz CT molecular complexity index is 516. The van der Waals surface area contributed by atoms with Gasteiger partial charge in [0.25, 0.3) is 0 Å². The van der Waals surface area contributed by atoms with E-state index in [1.807, 2.05) is 6.07 Å². The minimum Gasteiger partial charge on any atom is -0.378 e. The van der Waals surface area contributed by atoms with Crippen LogP contribution in [0.25, 0.3) is 0 Å². The Morgan fingerprint density at radius 3 is 2.83 bits per heavy atom. The van der Waals surface area contributed by atoms with E-state index in [1.165, 1.54) is 4.31 Å². The lowest BCUT2D eigenvalue weighted by Gasteiger charge is -2.34. The molecule has 1 unspecified atom stereocenters. The SMILES string of the molecule is Cc1ccccc1S(=O)(=O)N1CCOCC1CN. The first kappa shape index (κ1) is 13.5. The summed E-state index contributed by atoms with van der Waals surface area (Å²) >= 11 is 0. The van der Waals surface area contributed by atoms with Gasteiger partial charge in [0.1, 0.15) is 0 Å². The molecule has 0 aromatic heterocycles. The van der Waals surface area contributed by atoms with E-state index in [4.69, 9.17) is 10.5 Å². The highest BCUT2D eigenvalue weighted by Crippen LogP contribution is 2.22. The third-order valence-corrected chi connectivity index (χ3v) is 5.24. The lowest BCUT2D eigenvalue weighted by atomic mass is 10.2. The van der Waals surface area contributed by atoms with E-state index in [0.29, 0.717) is 24.7 Å². The standard InChI is InChI=1S/C12H18N2O3S/c1-10-4-2-3-5-12(10)18(15,16)14-6-7-17-9-11(14)8-13/h2-5,11H,6-9,13H2,1H3. The highest BCUT2D eigenvalue weighted by atomic mass is 32.2. The van der Waals surface area contributed by atoms with Crippen LogP contribution in [0.15, 0.2) is 29.2 Å². The number of rotatable bonds is 3. The Labute approximate surface area is 108 Å². The van der Waals surface area contributed by atoms with Gasteiger partial charge in [-0.3, -0.25) is 0 Å². The van der Waals surface area contributed by atoms with Crippen molar-refractivity contribution in [2.75, 3.05) is 26.3 Å². The van der Waals surface area contributed by atoms with Gasteiger partial charge in [0.05, 0.1) is 24.2 Å². The van der Waals surface area contributed by atoms with Crippen molar-refractivity contribution >= 4 is 10.0 Å². The maximum atomic E-state index is 12.6. The van der Waals surface area contributed by atoms with Crippen LogP contribution in [0.2, 0.25) is 0 Å². The van der Waals surface area contributed by atoms with Crippen LogP contribution in [0.5, 0.6) is 0 Å². The molecule has 2 N–H and O–H groups in total. The van der Waals surface area contributed by atoms with Crippen LogP contribution >= 0.6 is 0 Å². The minimum absolute atomic E-state index is 0.269. The summed E-state index contributed by atoms with van der Waals surface area (Å²) in [5.74, 6) is 0. The summed E-state index contributed by atoms with van der Waals surface area (Å²) < 4.78 is 31.9. The molecule has 1 atom stereocenters. The van der Waals surface area contributed by atoms with Crippen LogP contribution in [0, 0.1) is 6.92 Å². The zero-order chi connectivity index (χ0) is 13.2. The third kappa shape index (κ3) is 2.42. The molecule has 0 spiro atoms. The number of hydrogen-bond acceptors (Lipinski definition) is 4. The average molecular weight is 270 g/mol. The van der Waals surface area contributed by atoms with Gasteiger partial charge in [-0.1, -0.05) is 18.2 Å². The van der Waals surface area contributed by atoms with Crippen molar-refractivity contribution in [2.45, 2.75) is 17.9 Å². The number of sulfonamides is 1. The molecule has 0 bridgehead atoms. The van der Waals surface area contributed by atoms with E-state index in [1.54, 1.807) is 25.1 Å². The van der Waals surface area contributed by atoms with E-state index in [2.05, 4.69) is 0 Å². The Balaban J connectivity index is 2.39. The van der Waals surface area contributed by atoms with E-state index in [9.17, 15) is 8.42 Å². The molecule has 1 aromatic carbocycles. The van der Waals surface area contributed by atoms with Gasteiger partial charge < -0.3 is 10.5 Å². The van der Waals surface area contributed by atoms with Crippen LogP contribution in [0.3, 0.4) is 0 Å². The van der Waals surface area contributed by atoms with E-state index < -0.39 is 10.0 Å². The van der Waals surface area contributed by atoms with Crippen LogP contribution in [-0.2, 0) is 14.8 Å². The van der Waals surface area contributed by atoms with E-state index >= 15 is 0 Å². The third-order valence-electron chi connectivity index (χ3n) is 3.13. The van der Waals surface area contributed by atoms with Crippen molar-refractivity contribution < 1.29 is 13.2 Å². The van der Waals surface area contributed by atoms with Crippen LogP contribution in [0.4, 0.5) is 0 Å². The zero-order valence-corrected chi connectivity index (χ0v) is 11.2. The molecule has 1 heterocycles. The highest BCUT2D eigenvalue weighted by Gasteiger charge is 2.33. The summed E-state index contributed by atoms with van der Waals surface area (Å²) in [5, 5.41) is 0. The molecule has 0 saturated carbocycles. The van der Waals surface area contributed by atoms with Crippen molar-refractivity contribution in [3.05, 3.63) is 29.8 Å². The average Bonchev–Trinajstić information content (AvgIpc) is 2.39. The number of aryl methyl sites for hydroxylation is 1. The monoisotopic (exact) mass is 270 g/mol. The second kappa shape index (κ2) is 5.36. The van der Waals surface area contributed by atoms with Crippen LogP contribution < -0.4 is 5.73 Å².